The van der Waals surface area contributed by atoms with Gasteiger partial charge in [0.25, 0.3) is 5.91 Å². The van der Waals surface area contributed by atoms with Gasteiger partial charge in [0.15, 0.2) is 6.10 Å². The van der Waals surface area contributed by atoms with Crippen LogP contribution in [0.25, 0.3) is 0 Å². The summed E-state index contributed by atoms with van der Waals surface area (Å²) in [5.41, 5.74) is 0.937. The molecule has 2 aromatic carbocycles. The molecule has 5 nitrogen and oxygen atoms in total. The number of benzene rings is 2. The summed E-state index contributed by atoms with van der Waals surface area (Å²) in [6, 6.07) is 13.6. The first kappa shape index (κ1) is 17.8. The quantitative estimate of drug-likeness (QED) is 0.843. The molecule has 126 valence electrons. The first-order chi connectivity index (χ1) is 11.4. The number of rotatable bonds is 5. The van der Waals surface area contributed by atoms with E-state index >= 15 is 0 Å². The van der Waals surface area contributed by atoms with E-state index in [9.17, 15) is 14.7 Å². The number of phenolic OH excluding ortho intramolecular Hbond substituents is 1. The highest BCUT2D eigenvalue weighted by Gasteiger charge is 2.23. The van der Waals surface area contributed by atoms with Crippen molar-refractivity contribution in [2.75, 3.05) is 7.05 Å². The van der Waals surface area contributed by atoms with Gasteiger partial charge >= 0.3 is 5.97 Å². The first-order valence-corrected chi connectivity index (χ1v) is 7.74. The molecule has 24 heavy (non-hydrogen) atoms. The zero-order chi connectivity index (χ0) is 17.7. The largest absolute Gasteiger partial charge is 0.507 e. The van der Waals surface area contributed by atoms with Gasteiger partial charge in [0, 0.05) is 18.6 Å². The van der Waals surface area contributed by atoms with E-state index in [-0.39, 0.29) is 17.2 Å². The van der Waals surface area contributed by atoms with Gasteiger partial charge in [0.2, 0.25) is 0 Å². The summed E-state index contributed by atoms with van der Waals surface area (Å²) in [4.78, 5) is 25.9. The summed E-state index contributed by atoms with van der Waals surface area (Å²) in [7, 11) is 1.64. The van der Waals surface area contributed by atoms with E-state index in [4.69, 9.17) is 16.3 Å². The summed E-state index contributed by atoms with van der Waals surface area (Å²) in [5.74, 6) is -1.40. The van der Waals surface area contributed by atoms with Crippen LogP contribution in [0, 0.1) is 0 Å². The Morgan fingerprint density at radius 3 is 2.50 bits per heavy atom. The summed E-state index contributed by atoms with van der Waals surface area (Å²) >= 11 is 5.72. The summed E-state index contributed by atoms with van der Waals surface area (Å²) < 4.78 is 5.14. The zero-order valence-corrected chi connectivity index (χ0v) is 14.2. The van der Waals surface area contributed by atoms with Crippen molar-refractivity contribution in [1.29, 1.82) is 0 Å². The number of aromatic hydroxyl groups is 1. The summed E-state index contributed by atoms with van der Waals surface area (Å²) in [6.45, 7) is 1.91. The van der Waals surface area contributed by atoms with Gasteiger partial charge in [-0.05, 0) is 30.7 Å². The van der Waals surface area contributed by atoms with Crippen LogP contribution in [0.3, 0.4) is 0 Å². The lowest BCUT2D eigenvalue weighted by molar-refractivity contribution is -0.139. The van der Waals surface area contributed by atoms with Crippen molar-refractivity contribution in [2.45, 2.75) is 19.6 Å². The second kappa shape index (κ2) is 7.84. The van der Waals surface area contributed by atoms with Crippen LogP contribution in [-0.2, 0) is 16.1 Å². The van der Waals surface area contributed by atoms with Crippen LogP contribution in [0.2, 0.25) is 5.02 Å². The number of likely N-dealkylation sites (N-methyl/N-ethyl adjacent to an activating group) is 1. The molecule has 0 saturated carbocycles. The maximum absolute atomic E-state index is 12.3. The molecule has 2 rings (SSSR count). The Bertz CT molecular complexity index is 733. The van der Waals surface area contributed by atoms with Crippen molar-refractivity contribution in [3.05, 3.63) is 64.7 Å². The molecule has 0 spiro atoms. The van der Waals surface area contributed by atoms with Crippen LogP contribution in [-0.4, -0.2) is 35.0 Å². The number of amides is 1. The number of hydrogen-bond donors (Lipinski definition) is 1. The third kappa shape index (κ3) is 4.49. The van der Waals surface area contributed by atoms with Crippen molar-refractivity contribution >= 4 is 23.5 Å². The first-order valence-electron chi connectivity index (χ1n) is 7.37. The molecule has 1 amide bonds. The molecule has 0 aromatic heterocycles. The maximum atomic E-state index is 12.3. The highest BCUT2D eigenvalue weighted by molar-refractivity contribution is 6.30. The fourth-order valence-electron chi connectivity index (χ4n) is 2.20. The molecule has 2 aromatic rings. The topological polar surface area (TPSA) is 66.8 Å². The molecule has 0 aliphatic rings. The smallest absolute Gasteiger partial charge is 0.342 e. The molecular formula is C18H18ClNO4. The number of carbonyl (C=O) groups excluding carboxylic acids is 2. The van der Waals surface area contributed by atoms with Crippen LogP contribution in [0.1, 0.15) is 22.8 Å². The van der Waals surface area contributed by atoms with E-state index in [1.807, 2.05) is 30.3 Å². The van der Waals surface area contributed by atoms with Crippen LogP contribution >= 0.6 is 11.6 Å². The molecule has 0 unspecified atom stereocenters. The Hall–Kier alpha value is -2.53. The second-order valence-corrected chi connectivity index (χ2v) is 5.83. The number of halogens is 1. The third-order valence-electron chi connectivity index (χ3n) is 3.45. The molecule has 0 aliphatic heterocycles. The lowest BCUT2D eigenvalue weighted by Gasteiger charge is -2.21. The fraction of sp³-hybridized carbons (Fsp3) is 0.222. The maximum Gasteiger partial charge on any atom is 0.342 e. The average Bonchev–Trinajstić information content (AvgIpc) is 2.54. The van der Waals surface area contributed by atoms with Gasteiger partial charge in [-0.15, -0.1) is 0 Å². The minimum atomic E-state index is -0.971. The van der Waals surface area contributed by atoms with Gasteiger partial charge in [-0.1, -0.05) is 41.9 Å². The van der Waals surface area contributed by atoms with E-state index in [0.717, 1.165) is 5.56 Å². The molecular weight excluding hydrogens is 330 g/mol. The third-order valence-corrected chi connectivity index (χ3v) is 3.69. The van der Waals surface area contributed by atoms with Gasteiger partial charge < -0.3 is 14.7 Å². The Morgan fingerprint density at radius 2 is 1.88 bits per heavy atom. The van der Waals surface area contributed by atoms with Crippen molar-refractivity contribution in [1.82, 2.24) is 4.90 Å². The van der Waals surface area contributed by atoms with Gasteiger partial charge in [-0.3, -0.25) is 4.79 Å². The Balaban J connectivity index is 1.99. The normalized spacial score (nSPS) is 11.6. The van der Waals surface area contributed by atoms with Crippen molar-refractivity contribution in [3.63, 3.8) is 0 Å². The standard InChI is InChI=1S/C18H18ClNO4/c1-12(17(22)20(2)11-13-6-4-3-5-7-13)24-18(23)15-9-8-14(19)10-16(15)21/h3-10,12,21H,11H2,1-2H3/t12-/m1/s1. The second-order valence-electron chi connectivity index (χ2n) is 5.39. The van der Waals surface area contributed by atoms with E-state index in [1.54, 1.807) is 7.05 Å². The van der Waals surface area contributed by atoms with E-state index in [0.29, 0.717) is 11.6 Å². The lowest BCUT2D eigenvalue weighted by Crippen LogP contribution is -2.37. The van der Waals surface area contributed by atoms with Crippen LogP contribution in [0.4, 0.5) is 0 Å². The predicted octanol–water partition coefficient (Wildman–Crippen LogP) is 3.25. The molecule has 0 fully saturated rings. The predicted molar refractivity (Wildman–Crippen MR) is 90.9 cm³/mol. The fourth-order valence-corrected chi connectivity index (χ4v) is 2.36. The lowest BCUT2D eigenvalue weighted by atomic mass is 10.2. The minimum absolute atomic E-state index is 0.0373. The molecule has 6 heteroatoms. The van der Waals surface area contributed by atoms with Crippen molar-refractivity contribution in [2.24, 2.45) is 0 Å². The Morgan fingerprint density at radius 1 is 1.21 bits per heavy atom. The molecule has 0 aliphatic carbocycles. The number of nitrogens with zero attached hydrogens (tertiary/aromatic N) is 1. The number of carbonyl (C=O) groups is 2. The number of phenols is 1. The number of esters is 1. The molecule has 1 N–H and O–H groups in total. The highest BCUT2D eigenvalue weighted by Crippen LogP contribution is 2.23. The van der Waals surface area contributed by atoms with E-state index in [2.05, 4.69) is 0 Å². The van der Waals surface area contributed by atoms with Gasteiger partial charge in [0.1, 0.15) is 11.3 Å². The Kier molecular flexibility index (Phi) is 5.82. The SMILES string of the molecule is C[C@@H](OC(=O)c1ccc(Cl)cc1O)C(=O)N(C)Cc1ccccc1. The number of hydrogen-bond acceptors (Lipinski definition) is 4. The summed E-state index contributed by atoms with van der Waals surface area (Å²) in [6.07, 6.45) is -0.971. The zero-order valence-electron chi connectivity index (χ0n) is 13.4. The monoisotopic (exact) mass is 347 g/mol. The highest BCUT2D eigenvalue weighted by atomic mass is 35.5. The molecule has 0 radical (unpaired) electrons. The molecule has 1 atom stereocenters. The minimum Gasteiger partial charge on any atom is -0.507 e. The molecule has 0 heterocycles. The number of ether oxygens (including phenoxy) is 1. The van der Waals surface area contributed by atoms with Crippen LogP contribution < -0.4 is 0 Å². The van der Waals surface area contributed by atoms with Gasteiger partial charge in [-0.2, -0.15) is 0 Å². The van der Waals surface area contributed by atoms with E-state index in [1.165, 1.54) is 30.0 Å². The van der Waals surface area contributed by atoms with Gasteiger partial charge in [-0.25, -0.2) is 4.79 Å². The Labute approximate surface area is 145 Å². The van der Waals surface area contributed by atoms with Crippen LogP contribution in [0.15, 0.2) is 48.5 Å². The average molecular weight is 348 g/mol. The van der Waals surface area contributed by atoms with Crippen molar-refractivity contribution in [3.8, 4) is 5.75 Å². The van der Waals surface area contributed by atoms with E-state index < -0.39 is 12.1 Å². The molecule has 0 saturated heterocycles. The van der Waals surface area contributed by atoms with Crippen molar-refractivity contribution < 1.29 is 19.4 Å². The molecule has 0 bridgehead atoms. The van der Waals surface area contributed by atoms with Crippen LogP contribution in [0.5, 0.6) is 5.75 Å². The summed E-state index contributed by atoms with van der Waals surface area (Å²) in [5, 5.41) is 10.0. The van der Waals surface area contributed by atoms with Gasteiger partial charge in [0.05, 0.1) is 0 Å².